The standard InChI is InChI=1S/C14H26O/c1-11(15)7-8-12-13(2,3)9-6-10-14(12,4)5/h12H,6-10H2,1-5H3. The Morgan fingerprint density at radius 3 is 2.00 bits per heavy atom. The molecule has 0 aromatic carbocycles. The van der Waals surface area contributed by atoms with Gasteiger partial charge < -0.3 is 4.79 Å². The molecule has 0 radical (unpaired) electrons. The van der Waals surface area contributed by atoms with Crippen molar-refractivity contribution in [3.63, 3.8) is 0 Å². The van der Waals surface area contributed by atoms with E-state index in [1.807, 2.05) is 0 Å². The van der Waals surface area contributed by atoms with Crippen molar-refractivity contribution in [2.75, 3.05) is 0 Å². The molecule has 1 heteroatoms. The van der Waals surface area contributed by atoms with Gasteiger partial charge in [-0.3, -0.25) is 0 Å². The van der Waals surface area contributed by atoms with Gasteiger partial charge in [0.2, 0.25) is 0 Å². The Labute approximate surface area is 94.6 Å². The van der Waals surface area contributed by atoms with Crippen LogP contribution in [0.5, 0.6) is 0 Å². The molecule has 1 saturated carbocycles. The van der Waals surface area contributed by atoms with E-state index in [4.69, 9.17) is 0 Å². The molecule has 0 amide bonds. The largest absolute Gasteiger partial charge is 0.300 e. The molecule has 0 saturated heterocycles. The fourth-order valence-electron chi connectivity index (χ4n) is 3.53. The predicted octanol–water partition coefficient (Wildman–Crippen LogP) is 4.21. The van der Waals surface area contributed by atoms with Gasteiger partial charge in [0.25, 0.3) is 0 Å². The Balaban J connectivity index is 2.72. The first-order chi connectivity index (χ1) is 6.76. The van der Waals surface area contributed by atoms with E-state index in [9.17, 15) is 4.79 Å². The Bertz CT molecular complexity index is 222. The molecule has 0 N–H and O–H groups in total. The van der Waals surface area contributed by atoms with Crippen molar-refractivity contribution in [1.82, 2.24) is 0 Å². The molecule has 88 valence electrons. The van der Waals surface area contributed by atoms with Crippen LogP contribution in [0.15, 0.2) is 0 Å². The number of ketones is 1. The molecule has 1 nitrogen and oxygen atoms in total. The normalized spacial score (nSPS) is 25.1. The van der Waals surface area contributed by atoms with Crippen LogP contribution in [0.1, 0.15) is 66.7 Å². The summed E-state index contributed by atoms with van der Waals surface area (Å²) < 4.78 is 0. The highest BCUT2D eigenvalue weighted by atomic mass is 16.1. The lowest BCUT2D eigenvalue weighted by molar-refractivity contribution is -0.118. The molecule has 1 rings (SSSR count). The molecule has 0 unspecified atom stereocenters. The fraction of sp³-hybridized carbons (Fsp3) is 0.929. The molecule has 1 fully saturated rings. The van der Waals surface area contributed by atoms with Gasteiger partial charge in [-0.25, -0.2) is 0 Å². The van der Waals surface area contributed by atoms with Crippen molar-refractivity contribution in [3.05, 3.63) is 0 Å². The van der Waals surface area contributed by atoms with E-state index in [1.165, 1.54) is 19.3 Å². The number of Topliss-reactive ketones (excluding diaryl/α,β-unsaturated/α-hetero) is 1. The van der Waals surface area contributed by atoms with E-state index in [2.05, 4.69) is 27.7 Å². The monoisotopic (exact) mass is 210 g/mol. The second kappa shape index (κ2) is 4.27. The Hall–Kier alpha value is -0.330. The van der Waals surface area contributed by atoms with Gasteiger partial charge in [0.15, 0.2) is 0 Å². The summed E-state index contributed by atoms with van der Waals surface area (Å²) in [5, 5.41) is 0. The summed E-state index contributed by atoms with van der Waals surface area (Å²) in [6.07, 6.45) is 5.82. The van der Waals surface area contributed by atoms with Crippen LogP contribution in [0.2, 0.25) is 0 Å². The minimum Gasteiger partial charge on any atom is -0.300 e. The second-order valence-corrected chi connectivity index (χ2v) is 6.62. The van der Waals surface area contributed by atoms with Gasteiger partial charge in [-0.15, -0.1) is 0 Å². The van der Waals surface area contributed by atoms with Crippen LogP contribution in [0.25, 0.3) is 0 Å². The fourth-order valence-corrected chi connectivity index (χ4v) is 3.53. The molecule has 15 heavy (non-hydrogen) atoms. The van der Waals surface area contributed by atoms with Crippen LogP contribution < -0.4 is 0 Å². The highest BCUT2D eigenvalue weighted by molar-refractivity contribution is 5.75. The van der Waals surface area contributed by atoms with Crippen molar-refractivity contribution in [3.8, 4) is 0 Å². The highest BCUT2D eigenvalue weighted by Crippen LogP contribution is 2.52. The molecular weight excluding hydrogens is 184 g/mol. The third-order valence-corrected chi connectivity index (χ3v) is 4.31. The quantitative estimate of drug-likeness (QED) is 0.682. The van der Waals surface area contributed by atoms with E-state index in [1.54, 1.807) is 6.92 Å². The smallest absolute Gasteiger partial charge is 0.129 e. The van der Waals surface area contributed by atoms with Gasteiger partial charge in [0.1, 0.15) is 5.78 Å². The summed E-state index contributed by atoms with van der Waals surface area (Å²) in [5.41, 5.74) is 0.828. The average Bonchev–Trinajstić information content (AvgIpc) is 1.99. The maximum Gasteiger partial charge on any atom is 0.129 e. The molecule has 0 bridgehead atoms. The second-order valence-electron chi connectivity index (χ2n) is 6.62. The van der Waals surface area contributed by atoms with Gasteiger partial charge in [0, 0.05) is 6.42 Å². The minimum atomic E-state index is 0.340. The Kier molecular flexibility index (Phi) is 3.63. The van der Waals surface area contributed by atoms with E-state index in [-0.39, 0.29) is 0 Å². The maximum atomic E-state index is 11.1. The number of carbonyl (C=O) groups excluding carboxylic acids is 1. The zero-order valence-corrected chi connectivity index (χ0v) is 11.0. The van der Waals surface area contributed by atoms with Crippen molar-refractivity contribution < 1.29 is 4.79 Å². The van der Waals surface area contributed by atoms with E-state index >= 15 is 0 Å². The van der Waals surface area contributed by atoms with Crippen LogP contribution in [0, 0.1) is 16.7 Å². The topological polar surface area (TPSA) is 17.1 Å². The maximum absolute atomic E-state index is 11.1. The summed E-state index contributed by atoms with van der Waals surface area (Å²) in [7, 11) is 0. The molecule has 0 aliphatic heterocycles. The first-order valence-corrected chi connectivity index (χ1v) is 6.25. The summed E-state index contributed by atoms with van der Waals surface area (Å²) in [5.74, 6) is 1.04. The Morgan fingerprint density at radius 1 is 1.13 bits per heavy atom. The lowest BCUT2D eigenvalue weighted by Gasteiger charge is -2.49. The lowest BCUT2D eigenvalue weighted by atomic mass is 9.56. The first-order valence-electron chi connectivity index (χ1n) is 6.25. The van der Waals surface area contributed by atoms with E-state index in [0.29, 0.717) is 22.5 Å². The predicted molar refractivity (Wildman–Crippen MR) is 64.8 cm³/mol. The van der Waals surface area contributed by atoms with Gasteiger partial charge in [-0.1, -0.05) is 34.1 Å². The van der Waals surface area contributed by atoms with Gasteiger partial charge >= 0.3 is 0 Å². The number of hydrogen-bond acceptors (Lipinski definition) is 1. The van der Waals surface area contributed by atoms with E-state index in [0.717, 1.165) is 12.8 Å². The van der Waals surface area contributed by atoms with Crippen LogP contribution in [-0.2, 0) is 4.79 Å². The molecule has 1 aliphatic carbocycles. The zero-order chi connectivity index (χ0) is 11.7. The molecule has 1 aliphatic rings. The molecule has 0 aromatic rings. The number of carbonyl (C=O) groups is 1. The minimum absolute atomic E-state index is 0.340. The third-order valence-electron chi connectivity index (χ3n) is 4.31. The lowest BCUT2D eigenvalue weighted by Crippen LogP contribution is -2.40. The first kappa shape index (κ1) is 12.7. The van der Waals surface area contributed by atoms with Crippen LogP contribution in [0.3, 0.4) is 0 Å². The molecule has 0 heterocycles. The van der Waals surface area contributed by atoms with Crippen molar-refractivity contribution in [2.24, 2.45) is 16.7 Å². The van der Waals surface area contributed by atoms with Crippen LogP contribution in [-0.4, -0.2) is 5.78 Å². The summed E-state index contributed by atoms with van der Waals surface area (Å²) in [4.78, 5) is 11.1. The van der Waals surface area contributed by atoms with Gasteiger partial charge in [0.05, 0.1) is 0 Å². The van der Waals surface area contributed by atoms with Crippen LogP contribution in [0.4, 0.5) is 0 Å². The van der Waals surface area contributed by atoms with Gasteiger partial charge in [-0.05, 0) is 42.9 Å². The van der Waals surface area contributed by atoms with Crippen LogP contribution >= 0.6 is 0 Å². The molecule has 0 atom stereocenters. The number of rotatable bonds is 3. The SMILES string of the molecule is CC(=O)CCC1C(C)(C)CCCC1(C)C. The van der Waals surface area contributed by atoms with Gasteiger partial charge in [-0.2, -0.15) is 0 Å². The molecular formula is C14H26O. The third kappa shape index (κ3) is 3.06. The average molecular weight is 210 g/mol. The van der Waals surface area contributed by atoms with E-state index < -0.39 is 0 Å². The Morgan fingerprint density at radius 2 is 1.60 bits per heavy atom. The van der Waals surface area contributed by atoms with Crippen molar-refractivity contribution in [2.45, 2.75) is 66.7 Å². The summed E-state index contributed by atoms with van der Waals surface area (Å²) in [6.45, 7) is 11.2. The van der Waals surface area contributed by atoms with Crippen molar-refractivity contribution in [1.29, 1.82) is 0 Å². The summed E-state index contributed by atoms with van der Waals surface area (Å²) in [6, 6.07) is 0. The summed E-state index contributed by atoms with van der Waals surface area (Å²) >= 11 is 0. The van der Waals surface area contributed by atoms with Crippen molar-refractivity contribution >= 4 is 5.78 Å². The number of hydrogen-bond donors (Lipinski definition) is 0. The molecule has 0 aromatic heterocycles. The zero-order valence-electron chi connectivity index (χ0n) is 11.0. The molecule has 0 spiro atoms. The highest BCUT2D eigenvalue weighted by Gasteiger charge is 2.43.